The van der Waals surface area contributed by atoms with Crippen molar-refractivity contribution in [1.82, 2.24) is 21.3 Å². The zero-order valence-corrected chi connectivity index (χ0v) is 50.1. The highest BCUT2D eigenvalue weighted by molar-refractivity contribution is 8.00. The smallest absolute Gasteiger partial charge is 0.378 e. The second-order valence-electron chi connectivity index (χ2n) is 22.3. The molecule has 468 valence electrons. The molecule has 0 radical (unpaired) electrons. The predicted octanol–water partition coefficient (Wildman–Crippen LogP) is 2.74. The molecule has 22 atom stereocenters. The predicted molar refractivity (Wildman–Crippen MR) is 287 cm³/mol. The van der Waals surface area contributed by atoms with E-state index in [1.54, 1.807) is 14.2 Å². The number of rotatable bonds is 29. The molecule has 7 saturated heterocycles. The van der Waals surface area contributed by atoms with E-state index in [9.17, 15) is 40.3 Å². The van der Waals surface area contributed by atoms with E-state index in [0.717, 1.165) is 31.4 Å². The fraction of sp³-hybridized carbons (Fsp3) is 0.941. The summed E-state index contributed by atoms with van der Waals surface area (Å²) < 4.78 is 150. The van der Waals surface area contributed by atoms with Gasteiger partial charge in [0.15, 0.2) is 31.5 Å². The van der Waals surface area contributed by atoms with Gasteiger partial charge in [-0.25, -0.2) is 13.2 Å². The Morgan fingerprint density at radius 2 is 1.27 bits per heavy atom. The van der Waals surface area contributed by atoms with E-state index in [1.165, 1.54) is 7.11 Å². The lowest BCUT2D eigenvalue weighted by atomic mass is 9.82. The number of methoxy groups -OCH3 is 3. The van der Waals surface area contributed by atoms with Crippen LogP contribution in [0.4, 0.5) is 4.79 Å². The van der Waals surface area contributed by atoms with Gasteiger partial charge in [0.1, 0.15) is 18.3 Å². The van der Waals surface area contributed by atoms with Crippen LogP contribution < -0.4 is 21.3 Å². The van der Waals surface area contributed by atoms with E-state index in [1.807, 2.05) is 46.4 Å². The summed E-state index contributed by atoms with van der Waals surface area (Å²) in [4.78, 5) is 37.8. The Morgan fingerprint density at radius 3 is 1.98 bits per heavy atom. The molecule has 7 rings (SSSR count). The van der Waals surface area contributed by atoms with Crippen molar-refractivity contribution in [2.45, 2.75) is 221 Å². The molecule has 27 nitrogen and oxygen atoms in total. The van der Waals surface area contributed by atoms with Gasteiger partial charge in [0, 0.05) is 76.4 Å². The number of amides is 4. The molecule has 7 fully saturated rings. The van der Waals surface area contributed by atoms with Gasteiger partial charge in [-0.2, -0.15) is 28.6 Å². The van der Waals surface area contributed by atoms with Crippen molar-refractivity contribution in [1.29, 1.82) is 0 Å². The molecule has 0 aliphatic carbocycles. The lowest BCUT2D eigenvalue weighted by Crippen LogP contribution is -2.61. The first-order valence-corrected chi connectivity index (χ1v) is 32.2. The van der Waals surface area contributed by atoms with Crippen LogP contribution in [0, 0.1) is 23.7 Å². The molecule has 7 aliphatic rings. The van der Waals surface area contributed by atoms with E-state index in [2.05, 4.69) is 21.3 Å². The molecular weight excluding hydrogens is 1130 g/mol. The van der Waals surface area contributed by atoms with Crippen LogP contribution in [0.3, 0.4) is 0 Å². The molecule has 0 saturated carbocycles. The van der Waals surface area contributed by atoms with Crippen molar-refractivity contribution in [3.05, 3.63) is 0 Å². The molecule has 0 aromatic rings. The van der Waals surface area contributed by atoms with Gasteiger partial charge in [-0.3, -0.25) is 18.7 Å². The molecule has 0 aromatic carbocycles. The maximum absolute atomic E-state index is 13.6. The molecule has 4 amide bonds. The molecule has 22 unspecified atom stereocenters. The largest absolute Gasteiger partial charge is 0.397 e. The van der Waals surface area contributed by atoms with Crippen LogP contribution in [0.2, 0.25) is 0 Å². The Hall–Kier alpha value is -2.18. The summed E-state index contributed by atoms with van der Waals surface area (Å²) >= 11 is 1.86. The van der Waals surface area contributed by atoms with Gasteiger partial charge in [-0.05, 0) is 57.3 Å². The lowest BCUT2D eigenvalue weighted by Gasteiger charge is -2.48. The first-order valence-electron chi connectivity index (χ1n) is 28.4. The van der Waals surface area contributed by atoms with Crippen molar-refractivity contribution >= 4 is 50.4 Å². The van der Waals surface area contributed by atoms with Gasteiger partial charge < -0.3 is 78.1 Å². The number of nitrogens with one attached hydrogen (secondary N) is 4. The summed E-state index contributed by atoms with van der Waals surface area (Å²) in [5.74, 6) is -0.873. The Balaban J connectivity index is 0.892. The molecule has 0 bridgehead atoms. The topological polar surface area (TPSA) is 337 Å². The fourth-order valence-corrected chi connectivity index (χ4v) is 14.0. The summed E-state index contributed by atoms with van der Waals surface area (Å²) in [7, 11) is -5.08. The summed E-state index contributed by atoms with van der Waals surface area (Å²) in [6, 6.07) is -0.515. The maximum atomic E-state index is 13.6. The first kappa shape index (κ1) is 66.3. The number of hydrogen-bond acceptors (Lipinski definition) is 22. The SMILES string of the molecule is COC1CCC(OC2OCC(OC3CCC(OC4OCC(OC5OC(COS(=O)(=O)O)C(C)C(C)C5NC(=O)CCCCCNC(=O)CCCCC5SCC6NC(=O)NC65)C(C)C4OC)C(COS(=O)(=O)O)O3)C(OC)C2C)C(C)O1. The normalized spacial score (nSPS) is 39.4. The molecule has 30 heteroatoms. The number of fused-ring (bicyclic) bond motifs is 1. The van der Waals surface area contributed by atoms with Crippen molar-refractivity contribution in [3.8, 4) is 0 Å². The third kappa shape index (κ3) is 19.2. The third-order valence-corrected chi connectivity index (χ3v) is 19.1. The number of carbonyl (C=O) groups excluding carboxylic acids is 3. The Bertz CT molecular complexity index is 2230. The van der Waals surface area contributed by atoms with E-state index < -0.39 is 114 Å². The Kier molecular flexibility index (Phi) is 25.3. The zero-order chi connectivity index (χ0) is 58.6. The number of urea groups is 1. The average Bonchev–Trinajstić information content (AvgIpc) is 4.05. The third-order valence-electron chi connectivity index (χ3n) is 16.8. The monoisotopic (exact) mass is 1220 g/mol. The fourth-order valence-electron chi connectivity index (χ4n) is 11.9. The van der Waals surface area contributed by atoms with Crippen molar-refractivity contribution in [3.63, 3.8) is 0 Å². The number of ether oxygens (including phenoxy) is 12. The van der Waals surface area contributed by atoms with E-state index in [4.69, 9.17) is 65.2 Å². The number of carbonyl (C=O) groups is 3. The van der Waals surface area contributed by atoms with Crippen LogP contribution in [0.5, 0.6) is 0 Å². The highest BCUT2D eigenvalue weighted by atomic mass is 32.3. The molecule has 7 heterocycles. The van der Waals surface area contributed by atoms with Crippen LogP contribution in [0.15, 0.2) is 0 Å². The van der Waals surface area contributed by atoms with E-state index in [0.29, 0.717) is 43.9 Å². The average molecular weight is 1220 g/mol. The summed E-state index contributed by atoms with van der Waals surface area (Å²) in [6.07, 6.45) is -2.89. The van der Waals surface area contributed by atoms with Crippen molar-refractivity contribution < 1.29 is 106 Å². The van der Waals surface area contributed by atoms with Crippen LogP contribution in [-0.4, -0.2) is 214 Å². The van der Waals surface area contributed by atoms with Gasteiger partial charge in [-0.1, -0.05) is 40.5 Å². The molecule has 0 spiro atoms. The molecule has 81 heavy (non-hydrogen) atoms. The number of hydrogen-bond donors (Lipinski definition) is 6. The van der Waals surface area contributed by atoms with Gasteiger partial charge in [0.25, 0.3) is 0 Å². The lowest BCUT2D eigenvalue weighted by molar-refractivity contribution is -0.341. The Morgan fingerprint density at radius 1 is 0.630 bits per heavy atom. The first-order chi connectivity index (χ1) is 38.5. The minimum absolute atomic E-state index is 0.0214. The van der Waals surface area contributed by atoms with Crippen LogP contribution in [0.1, 0.15) is 112 Å². The highest BCUT2D eigenvalue weighted by Gasteiger charge is 2.50. The molecule has 7 aliphatic heterocycles. The van der Waals surface area contributed by atoms with Crippen molar-refractivity contribution in [2.24, 2.45) is 23.7 Å². The van der Waals surface area contributed by atoms with E-state index >= 15 is 0 Å². The zero-order valence-electron chi connectivity index (χ0n) is 47.6. The van der Waals surface area contributed by atoms with Crippen molar-refractivity contribution in [2.75, 3.05) is 60.1 Å². The second kappa shape index (κ2) is 30.9. The van der Waals surface area contributed by atoms with Gasteiger partial charge >= 0.3 is 26.8 Å². The summed E-state index contributed by atoms with van der Waals surface area (Å²) in [5.41, 5.74) is 0. The van der Waals surface area contributed by atoms with Gasteiger partial charge in [0.05, 0.1) is 81.2 Å². The van der Waals surface area contributed by atoms with Crippen LogP contribution in [0.25, 0.3) is 0 Å². The number of thioether (sulfide) groups is 1. The quantitative estimate of drug-likeness (QED) is 0.0356. The van der Waals surface area contributed by atoms with Gasteiger partial charge in [-0.15, -0.1) is 0 Å². The van der Waals surface area contributed by atoms with Gasteiger partial charge in [0.2, 0.25) is 11.8 Å². The second-order valence-corrected chi connectivity index (χ2v) is 25.7. The summed E-state index contributed by atoms with van der Waals surface area (Å²) in [5, 5.41) is 12.3. The standard InChI is InChI=1S/C51H88N4O23S3/c1-27-28(2)44(54-41(57)16-10-9-13-21-52-40(56)15-12-11-14-39-45-32(26-79-39)53-51(58)55-45)49(78-36(27)24-70-80(59,60)61)77-35-22-69-50(47(67-8)29(35)3)76-34-18-20-43(73-37(34)25-71-81(62,63)64)74-38-23-68-48(30(4)46(38)66-7)75-33-17-19-42(65-6)72-31(33)5/h27-39,42-50H,9-26H2,1-8H3,(H,52,56)(H,54,57)(H2,53,55,58)(H,59,60,61)(H,62,63,64). The molecule has 0 aromatic heterocycles. The minimum Gasteiger partial charge on any atom is -0.378 e. The van der Waals surface area contributed by atoms with E-state index in [-0.39, 0.29) is 98.7 Å². The minimum atomic E-state index is -4.90. The summed E-state index contributed by atoms with van der Waals surface area (Å²) in [6.45, 7) is 8.75. The van der Waals surface area contributed by atoms with Crippen LogP contribution >= 0.6 is 11.8 Å². The van der Waals surface area contributed by atoms with Crippen LogP contribution in [-0.2, 0) is 95.6 Å². The molecular formula is C51H88N4O23S3. The molecule has 6 N–H and O–H groups in total. The number of unbranched alkanes of at least 4 members (excludes halogenated alkanes) is 3. The Labute approximate surface area is 480 Å². The maximum Gasteiger partial charge on any atom is 0.397 e. The highest BCUT2D eigenvalue weighted by Crippen LogP contribution is 2.39.